The molecule has 0 spiro atoms. The first-order chi connectivity index (χ1) is 8.97. The molecule has 2 unspecified atom stereocenters. The van der Waals surface area contributed by atoms with Crippen molar-refractivity contribution in [3.05, 3.63) is 35.4 Å². The van der Waals surface area contributed by atoms with Gasteiger partial charge in [-0.05, 0) is 36.3 Å². The third-order valence-corrected chi connectivity index (χ3v) is 3.50. The standard InChI is InChI=1S/C14H17F3O2/c15-14(16,17)9-19-8-7-11-6-5-10-3-1-2-4-12(10)13(11)18/h1-4,11,13,18H,5-9H2. The van der Waals surface area contributed by atoms with Crippen LogP contribution in [0, 0.1) is 5.92 Å². The van der Waals surface area contributed by atoms with Gasteiger partial charge in [-0.1, -0.05) is 24.3 Å². The molecule has 0 saturated carbocycles. The van der Waals surface area contributed by atoms with Crippen molar-refractivity contribution in [1.29, 1.82) is 0 Å². The molecule has 0 saturated heterocycles. The highest BCUT2D eigenvalue weighted by atomic mass is 19.4. The molecule has 0 fully saturated rings. The zero-order valence-electron chi connectivity index (χ0n) is 10.5. The van der Waals surface area contributed by atoms with Crippen molar-refractivity contribution in [2.45, 2.75) is 31.5 Å². The fourth-order valence-corrected chi connectivity index (χ4v) is 2.53. The minimum atomic E-state index is -4.28. The number of aliphatic hydroxyl groups excluding tert-OH is 1. The number of ether oxygens (including phenoxy) is 1. The Balaban J connectivity index is 1.84. The van der Waals surface area contributed by atoms with Gasteiger partial charge in [-0.2, -0.15) is 13.2 Å². The lowest BCUT2D eigenvalue weighted by Crippen LogP contribution is -2.23. The maximum absolute atomic E-state index is 11.9. The SMILES string of the molecule is OC1c2ccccc2CCC1CCOCC(F)(F)F. The Hall–Kier alpha value is -1.07. The lowest BCUT2D eigenvalue weighted by atomic mass is 9.80. The molecule has 0 heterocycles. The second-order valence-electron chi connectivity index (χ2n) is 4.90. The molecule has 19 heavy (non-hydrogen) atoms. The summed E-state index contributed by atoms with van der Waals surface area (Å²) >= 11 is 0. The highest BCUT2D eigenvalue weighted by Crippen LogP contribution is 2.36. The van der Waals surface area contributed by atoms with E-state index in [4.69, 9.17) is 0 Å². The van der Waals surface area contributed by atoms with Gasteiger partial charge in [0.1, 0.15) is 6.61 Å². The van der Waals surface area contributed by atoms with E-state index in [2.05, 4.69) is 4.74 Å². The molecule has 2 nitrogen and oxygen atoms in total. The van der Waals surface area contributed by atoms with Crippen molar-refractivity contribution >= 4 is 0 Å². The van der Waals surface area contributed by atoms with Crippen LogP contribution in [0.1, 0.15) is 30.1 Å². The monoisotopic (exact) mass is 274 g/mol. The minimum absolute atomic E-state index is 0.0249. The molecule has 1 aliphatic carbocycles. The van der Waals surface area contributed by atoms with Gasteiger partial charge in [0.15, 0.2) is 0 Å². The fraction of sp³-hybridized carbons (Fsp3) is 0.571. The van der Waals surface area contributed by atoms with Gasteiger partial charge in [0.2, 0.25) is 0 Å². The zero-order valence-corrected chi connectivity index (χ0v) is 10.5. The van der Waals surface area contributed by atoms with Crippen LogP contribution in [-0.2, 0) is 11.2 Å². The number of aliphatic hydroxyl groups is 1. The number of benzene rings is 1. The summed E-state index contributed by atoms with van der Waals surface area (Å²) in [6.07, 6.45) is -2.78. The molecular formula is C14H17F3O2. The van der Waals surface area contributed by atoms with E-state index in [9.17, 15) is 18.3 Å². The van der Waals surface area contributed by atoms with E-state index in [1.165, 1.54) is 0 Å². The van der Waals surface area contributed by atoms with Crippen molar-refractivity contribution in [2.24, 2.45) is 5.92 Å². The molecule has 1 aliphatic rings. The molecule has 0 bridgehead atoms. The highest BCUT2D eigenvalue weighted by molar-refractivity contribution is 5.31. The Morgan fingerprint density at radius 1 is 1.26 bits per heavy atom. The topological polar surface area (TPSA) is 29.5 Å². The van der Waals surface area contributed by atoms with Crippen LogP contribution < -0.4 is 0 Å². The van der Waals surface area contributed by atoms with Crippen molar-refractivity contribution < 1.29 is 23.0 Å². The Morgan fingerprint density at radius 2 is 2.00 bits per heavy atom. The molecule has 5 heteroatoms. The molecule has 2 atom stereocenters. The van der Waals surface area contributed by atoms with Crippen LogP contribution in [0.2, 0.25) is 0 Å². The van der Waals surface area contributed by atoms with Gasteiger partial charge in [-0.3, -0.25) is 0 Å². The molecule has 0 aromatic heterocycles. The zero-order chi connectivity index (χ0) is 13.9. The smallest absolute Gasteiger partial charge is 0.388 e. The van der Waals surface area contributed by atoms with Crippen molar-refractivity contribution in [3.8, 4) is 0 Å². The minimum Gasteiger partial charge on any atom is -0.388 e. The van der Waals surface area contributed by atoms with Crippen LogP contribution in [0.15, 0.2) is 24.3 Å². The summed E-state index contributed by atoms with van der Waals surface area (Å²) < 4.78 is 40.4. The highest BCUT2D eigenvalue weighted by Gasteiger charge is 2.29. The molecule has 0 radical (unpaired) electrons. The lowest BCUT2D eigenvalue weighted by molar-refractivity contribution is -0.175. The fourth-order valence-electron chi connectivity index (χ4n) is 2.53. The number of rotatable bonds is 4. The molecule has 0 amide bonds. The summed E-state index contributed by atoms with van der Waals surface area (Å²) in [5.74, 6) is -0.0249. The first kappa shape index (κ1) is 14.3. The molecule has 2 rings (SSSR count). The van der Waals surface area contributed by atoms with E-state index in [1.54, 1.807) is 0 Å². The number of hydrogen-bond donors (Lipinski definition) is 1. The van der Waals surface area contributed by atoms with Gasteiger partial charge in [-0.25, -0.2) is 0 Å². The third kappa shape index (κ3) is 3.94. The Morgan fingerprint density at radius 3 is 2.74 bits per heavy atom. The summed E-state index contributed by atoms with van der Waals surface area (Å²) in [7, 11) is 0. The first-order valence-corrected chi connectivity index (χ1v) is 6.38. The Kier molecular flexibility index (Phi) is 4.47. The molecule has 106 valence electrons. The summed E-state index contributed by atoms with van der Waals surface area (Å²) in [4.78, 5) is 0. The quantitative estimate of drug-likeness (QED) is 0.854. The summed E-state index contributed by atoms with van der Waals surface area (Å²) in [6.45, 7) is -1.18. The van der Waals surface area contributed by atoms with E-state index in [0.717, 1.165) is 24.0 Å². The van der Waals surface area contributed by atoms with Gasteiger partial charge in [0.05, 0.1) is 6.10 Å². The maximum Gasteiger partial charge on any atom is 0.411 e. The predicted octanol–water partition coefficient (Wildman–Crippen LogP) is 3.25. The van der Waals surface area contributed by atoms with Crippen molar-refractivity contribution in [2.75, 3.05) is 13.2 Å². The van der Waals surface area contributed by atoms with Crippen LogP contribution >= 0.6 is 0 Å². The van der Waals surface area contributed by atoms with Crippen molar-refractivity contribution in [3.63, 3.8) is 0 Å². The van der Waals surface area contributed by atoms with Gasteiger partial charge in [0, 0.05) is 6.61 Å². The van der Waals surface area contributed by atoms with E-state index < -0.39 is 18.9 Å². The molecular weight excluding hydrogens is 257 g/mol. The number of halogens is 3. The van der Waals surface area contributed by atoms with Gasteiger partial charge in [0.25, 0.3) is 0 Å². The van der Waals surface area contributed by atoms with E-state index in [-0.39, 0.29) is 12.5 Å². The van der Waals surface area contributed by atoms with Gasteiger partial charge < -0.3 is 9.84 Å². The second kappa shape index (κ2) is 5.92. The summed E-state index contributed by atoms with van der Waals surface area (Å²) in [5, 5.41) is 10.2. The van der Waals surface area contributed by atoms with Crippen LogP contribution in [0.3, 0.4) is 0 Å². The number of aryl methyl sites for hydroxylation is 1. The average molecular weight is 274 g/mol. The number of alkyl halides is 3. The molecule has 1 N–H and O–H groups in total. The van der Waals surface area contributed by atoms with E-state index in [1.807, 2.05) is 24.3 Å². The third-order valence-electron chi connectivity index (χ3n) is 3.50. The molecule has 0 aliphatic heterocycles. The largest absolute Gasteiger partial charge is 0.411 e. The van der Waals surface area contributed by atoms with E-state index in [0.29, 0.717) is 6.42 Å². The maximum atomic E-state index is 11.9. The Bertz CT molecular complexity index is 417. The summed E-state index contributed by atoms with van der Waals surface area (Å²) in [5.41, 5.74) is 2.03. The van der Waals surface area contributed by atoms with Crippen LogP contribution in [-0.4, -0.2) is 24.5 Å². The number of fused-ring (bicyclic) bond motifs is 1. The van der Waals surface area contributed by atoms with Gasteiger partial charge >= 0.3 is 6.18 Å². The number of hydrogen-bond acceptors (Lipinski definition) is 2. The van der Waals surface area contributed by atoms with Crippen LogP contribution in [0.25, 0.3) is 0 Å². The molecule has 1 aromatic rings. The van der Waals surface area contributed by atoms with Gasteiger partial charge in [-0.15, -0.1) is 0 Å². The predicted molar refractivity (Wildman–Crippen MR) is 64.7 cm³/mol. The Labute approximate surface area is 110 Å². The lowest BCUT2D eigenvalue weighted by Gasteiger charge is -2.30. The summed E-state index contributed by atoms with van der Waals surface area (Å²) in [6, 6.07) is 7.65. The van der Waals surface area contributed by atoms with E-state index >= 15 is 0 Å². The van der Waals surface area contributed by atoms with Crippen molar-refractivity contribution in [1.82, 2.24) is 0 Å². The second-order valence-corrected chi connectivity index (χ2v) is 4.90. The van der Waals surface area contributed by atoms with Crippen LogP contribution in [0.4, 0.5) is 13.2 Å². The normalized spacial score (nSPS) is 23.2. The average Bonchev–Trinajstić information content (AvgIpc) is 2.36. The first-order valence-electron chi connectivity index (χ1n) is 6.38. The molecule has 1 aromatic carbocycles. The van der Waals surface area contributed by atoms with Crippen LogP contribution in [0.5, 0.6) is 0 Å².